The number of benzene rings is 1. The van der Waals surface area contributed by atoms with Gasteiger partial charge in [-0.3, -0.25) is 4.79 Å². The molecule has 2 N–H and O–H groups in total. The Kier molecular flexibility index (Phi) is 7.20. The molecule has 1 aliphatic rings. The molecule has 1 saturated heterocycles. The Morgan fingerprint density at radius 3 is 2.19 bits per heavy atom. The van der Waals surface area contributed by atoms with E-state index in [9.17, 15) is 13.2 Å². The lowest BCUT2D eigenvalue weighted by Crippen LogP contribution is -2.54. The van der Waals surface area contributed by atoms with Crippen LogP contribution in [0.2, 0.25) is 0 Å². The van der Waals surface area contributed by atoms with E-state index < -0.39 is 16.1 Å². The minimum absolute atomic E-state index is 0.0836. The topological polar surface area (TPSA) is 83.7 Å². The van der Waals surface area contributed by atoms with Gasteiger partial charge in [0.25, 0.3) is 0 Å². The highest BCUT2D eigenvalue weighted by molar-refractivity contribution is 7.89. The van der Waals surface area contributed by atoms with Crippen LogP contribution in [0.4, 0.5) is 0 Å². The van der Waals surface area contributed by atoms with Crippen molar-refractivity contribution < 1.29 is 13.2 Å². The number of nitrogens with two attached hydrogens (primary N) is 1. The molecule has 0 radical (unpaired) electrons. The largest absolute Gasteiger partial charge is 0.339 e. The third-order valence-corrected chi connectivity index (χ3v) is 6.61. The Hall–Kier alpha value is -1.44. The number of hydrogen-bond acceptors (Lipinski definition) is 4. The maximum Gasteiger partial charge on any atom is 0.243 e. The monoisotopic (exact) mass is 381 g/mol. The Bertz CT molecular complexity index is 693. The summed E-state index contributed by atoms with van der Waals surface area (Å²) < 4.78 is 27.1. The summed E-state index contributed by atoms with van der Waals surface area (Å²) in [6, 6.07) is 6.60. The van der Waals surface area contributed by atoms with Gasteiger partial charge in [0.05, 0.1) is 10.9 Å². The third kappa shape index (κ3) is 5.05. The van der Waals surface area contributed by atoms with E-state index in [1.54, 1.807) is 17.0 Å². The number of nitrogens with zero attached hydrogens (tertiary/aromatic N) is 2. The maximum absolute atomic E-state index is 12.8. The first-order chi connectivity index (χ1) is 12.3. The molecule has 0 spiro atoms. The zero-order chi connectivity index (χ0) is 19.3. The predicted octanol–water partition coefficient (Wildman–Crippen LogP) is 1.85. The minimum Gasteiger partial charge on any atom is -0.339 e. The molecule has 0 unspecified atom stereocenters. The van der Waals surface area contributed by atoms with Gasteiger partial charge in [0.2, 0.25) is 15.9 Å². The summed E-state index contributed by atoms with van der Waals surface area (Å²) in [4.78, 5) is 14.4. The van der Waals surface area contributed by atoms with Crippen LogP contribution in [0.1, 0.15) is 39.2 Å². The van der Waals surface area contributed by atoms with Gasteiger partial charge in [0.15, 0.2) is 0 Å². The molecule has 0 aromatic heterocycles. The standard InChI is InChI=1S/C19H31N3O3S/c1-4-5-16-6-8-17(9-7-16)26(24,25)22-12-10-21(11-13-22)19(23)18(20)14-15(2)3/h6-9,15,18H,4-5,10-14,20H2,1-3H3/t18-/m0/s1. The number of rotatable bonds is 7. The second kappa shape index (κ2) is 8.97. The number of hydrogen-bond donors (Lipinski definition) is 1. The van der Waals surface area contributed by atoms with Gasteiger partial charge in [-0.1, -0.05) is 39.3 Å². The molecule has 1 aromatic rings. The summed E-state index contributed by atoms with van der Waals surface area (Å²) in [6.07, 6.45) is 2.61. The minimum atomic E-state index is -3.52. The van der Waals surface area contributed by atoms with Crippen LogP contribution in [0.5, 0.6) is 0 Å². The number of aryl methyl sites for hydroxylation is 1. The molecular weight excluding hydrogens is 350 g/mol. The fraction of sp³-hybridized carbons (Fsp3) is 0.632. The van der Waals surface area contributed by atoms with Crippen molar-refractivity contribution in [3.8, 4) is 0 Å². The number of piperazine rings is 1. The first-order valence-corrected chi connectivity index (χ1v) is 10.8. The van der Waals surface area contributed by atoms with Crippen molar-refractivity contribution in [2.45, 2.75) is 51.0 Å². The fourth-order valence-corrected chi connectivity index (χ4v) is 4.68. The zero-order valence-corrected chi connectivity index (χ0v) is 16.8. The highest BCUT2D eigenvalue weighted by Gasteiger charge is 2.31. The molecule has 1 fully saturated rings. The number of amides is 1. The maximum atomic E-state index is 12.8. The number of carbonyl (C=O) groups excluding carboxylic acids is 1. The quantitative estimate of drug-likeness (QED) is 0.781. The van der Waals surface area contributed by atoms with Gasteiger partial charge in [-0.25, -0.2) is 8.42 Å². The number of carbonyl (C=O) groups is 1. The van der Waals surface area contributed by atoms with Gasteiger partial charge >= 0.3 is 0 Å². The molecule has 1 atom stereocenters. The lowest BCUT2D eigenvalue weighted by Gasteiger charge is -2.35. The molecule has 1 heterocycles. The van der Waals surface area contributed by atoms with E-state index in [2.05, 4.69) is 6.92 Å². The van der Waals surface area contributed by atoms with E-state index >= 15 is 0 Å². The summed E-state index contributed by atoms with van der Waals surface area (Å²) >= 11 is 0. The van der Waals surface area contributed by atoms with Crippen molar-refractivity contribution >= 4 is 15.9 Å². The summed E-state index contributed by atoms with van der Waals surface area (Å²) in [5.41, 5.74) is 7.12. The lowest BCUT2D eigenvalue weighted by atomic mass is 10.0. The van der Waals surface area contributed by atoms with Crippen molar-refractivity contribution in [2.75, 3.05) is 26.2 Å². The summed E-state index contributed by atoms with van der Waals surface area (Å²) in [5.74, 6) is 0.269. The Labute approximate surface area is 157 Å². The average molecular weight is 382 g/mol. The van der Waals surface area contributed by atoms with Gasteiger partial charge in [0.1, 0.15) is 0 Å². The Morgan fingerprint density at radius 1 is 1.12 bits per heavy atom. The van der Waals surface area contributed by atoms with E-state index in [1.807, 2.05) is 26.0 Å². The van der Waals surface area contributed by atoms with Gasteiger partial charge < -0.3 is 10.6 Å². The van der Waals surface area contributed by atoms with Crippen LogP contribution in [0.25, 0.3) is 0 Å². The van der Waals surface area contributed by atoms with E-state index in [1.165, 1.54) is 4.31 Å². The number of sulfonamides is 1. The second-order valence-electron chi connectivity index (χ2n) is 7.36. The lowest BCUT2D eigenvalue weighted by molar-refractivity contribution is -0.134. The highest BCUT2D eigenvalue weighted by atomic mass is 32.2. The van der Waals surface area contributed by atoms with Crippen molar-refractivity contribution in [1.82, 2.24) is 9.21 Å². The highest BCUT2D eigenvalue weighted by Crippen LogP contribution is 2.19. The molecule has 0 bridgehead atoms. The summed E-state index contributed by atoms with van der Waals surface area (Å²) in [7, 11) is -3.52. The molecular formula is C19H31N3O3S. The van der Waals surface area contributed by atoms with Gasteiger partial charge in [-0.2, -0.15) is 4.31 Å². The third-order valence-electron chi connectivity index (χ3n) is 4.69. The first-order valence-electron chi connectivity index (χ1n) is 9.39. The first kappa shape index (κ1) is 20.9. The van der Waals surface area contributed by atoms with Crippen LogP contribution in [0, 0.1) is 5.92 Å². The van der Waals surface area contributed by atoms with Crippen molar-refractivity contribution in [3.05, 3.63) is 29.8 Å². The smallest absolute Gasteiger partial charge is 0.243 e. The zero-order valence-electron chi connectivity index (χ0n) is 16.0. The van der Waals surface area contributed by atoms with Crippen LogP contribution >= 0.6 is 0 Å². The SMILES string of the molecule is CCCc1ccc(S(=O)(=O)N2CCN(C(=O)[C@@H](N)CC(C)C)CC2)cc1. The molecule has 1 amide bonds. The van der Waals surface area contributed by atoms with E-state index in [4.69, 9.17) is 5.73 Å². The van der Waals surface area contributed by atoms with Crippen molar-refractivity contribution in [1.29, 1.82) is 0 Å². The summed E-state index contributed by atoms with van der Waals surface area (Å²) in [5, 5.41) is 0. The molecule has 6 nitrogen and oxygen atoms in total. The molecule has 0 aliphatic carbocycles. The Morgan fingerprint density at radius 2 is 1.69 bits per heavy atom. The summed E-state index contributed by atoms with van der Waals surface area (Å²) in [6.45, 7) is 7.54. The molecule has 146 valence electrons. The normalized spacial score (nSPS) is 17.5. The van der Waals surface area contributed by atoms with Gasteiger partial charge in [-0.05, 0) is 36.5 Å². The molecule has 7 heteroatoms. The van der Waals surface area contributed by atoms with E-state index in [-0.39, 0.29) is 5.91 Å². The van der Waals surface area contributed by atoms with Crippen LogP contribution in [0.15, 0.2) is 29.2 Å². The van der Waals surface area contributed by atoms with Gasteiger partial charge in [-0.15, -0.1) is 0 Å². The second-order valence-corrected chi connectivity index (χ2v) is 9.30. The fourth-order valence-electron chi connectivity index (χ4n) is 3.26. The van der Waals surface area contributed by atoms with Crippen LogP contribution in [0.3, 0.4) is 0 Å². The van der Waals surface area contributed by atoms with Crippen LogP contribution < -0.4 is 5.73 Å². The average Bonchev–Trinajstić information content (AvgIpc) is 2.61. The van der Waals surface area contributed by atoms with Crippen molar-refractivity contribution in [3.63, 3.8) is 0 Å². The molecule has 26 heavy (non-hydrogen) atoms. The van der Waals surface area contributed by atoms with Gasteiger partial charge in [0, 0.05) is 26.2 Å². The van der Waals surface area contributed by atoms with Crippen LogP contribution in [-0.2, 0) is 21.2 Å². The van der Waals surface area contributed by atoms with Crippen LogP contribution in [-0.4, -0.2) is 55.8 Å². The van der Waals surface area contributed by atoms with E-state index in [0.717, 1.165) is 18.4 Å². The van der Waals surface area contributed by atoms with E-state index in [0.29, 0.717) is 43.4 Å². The van der Waals surface area contributed by atoms with Crippen molar-refractivity contribution in [2.24, 2.45) is 11.7 Å². The Balaban J connectivity index is 1.98. The molecule has 0 saturated carbocycles. The molecule has 1 aromatic carbocycles. The molecule has 1 aliphatic heterocycles. The molecule has 2 rings (SSSR count). The predicted molar refractivity (Wildman–Crippen MR) is 103 cm³/mol.